The van der Waals surface area contributed by atoms with E-state index in [2.05, 4.69) is 10.3 Å². The SMILES string of the molecule is C[C@@H](c1c[nH]c(=O)c2ccccc12)N(CC1CCC(O)CC1)C(=O)Nc1ccc(F)c(Cl)c1. The number of carbonyl (C=O) groups is 1. The van der Waals surface area contributed by atoms with Gasteiger partial charge in [-0.15, -0.1) is 0 Å². The second-order valence-electron chi connectivity index (χ2n) is 8.68. The smallest absolute Gasteiger partial charge is 0.322 e. The van der Waals surface area contributed by atoms with Crippen LogP contribution in [0.15, 0.2) is 53.5 Å². The van der Waals surface area contributed by atoms with E-state index in [0.717, 1.165) is 23.8 Å². The van der Waals surface area contributed by atoms with Gasteiger partial charge >= 0.3 is 6.03 Å². The molecule has 3 aromatic rings. The number of rotatable bonds is 5. The van der Waals surface area contributed by atoms with Gasteiger partial charge in [0.05, 0.1) is 17.2 Å². The molecule has 0 radical (unpaired) electrons. The molecule has 0 bridgehead atoms. The van der Waals surface area contributed by atoms with Crippen molar-refractivity contribution in [3.05, 3.63) is 75.4 Å². The van der Waals surface area contributed by atoms with Crippen LogP contribution in [-0.4, -0.2) is 33.7 Å². The molecule has 1 fully saturated rings. The first-order valence-electron chi connectivity index (χ1n) is 11.1. The van der Waals surface area contributed by atoms with Crippen LogP contribution in [0, 0.1) is 11.7 Å². The lowest BCUT2D eigenvalue weighted by Gasteiger charge is -2.35. The number of aromatic amines is 1. The summed E-state index contributed by atoms with van der Waals surface area (Å²) in [4.78, 5) is 30.2. The number of amides is 2. The summed E-state index contributed by atoms with van der Waals surface area (Å²) in [5.74, 6) is -0.312. The Balaban J connectivity index is 1.66. The van der Waals surface area contributed by atoms with Crippen molar-refractivity contribution >= 4 is 34.1 Å². The van der Waals surface area contributed by atoms with E-state index in [4.69, 9.17) is 11.6 Å². The third kappa shape index (κ3) is 5.20. The summed E-state index contributed by atoms with van der Waals surface area (Å²) in [5.41, 5.74) is 1.04. The van der Waals surface area contributed by atoms with Crippen LogP contribution < -0.4 is 10.9 Å². The molecule has 174 valence electrons. The molecule has 1 aliphatic carbocycles. The normalized spacial score (nSPS) is 19.3. The maximum atomic E-state index is 13.6. The number of aliphatic hydroxyl groups excluding tert-OH is 1. The van der Waals surface area contributed by atoms with E-state index >= 15 is 0 Å². The van der Waals surface area contributed by atoms with Crippen LogP contribution in [0.1, 0.15) is 44.2 Å². The van der Waals surface area contributed by atoms with Gasteiger partial charge < -0.3 is 20.3 Å². The Bertz CT molecular complexity index is 1210. The van der Waals surface area contributed by atoms with Crippen LogP contribution in [0.3, 0.4) is 0 Å². The van der Waals surface area contributed by atoms with Gasteiger partial charge in [-0.1, -0.05) is 29.8 Å². The molecule has 1 heterocycles. The molecule has 2 aromatic carbocycles. The summed E-state index contributed by atoms with van der Waals surface area (Å²) in [5, 5.41) is 14.0. The average molecular weight is 472 g/mol. The van der Waals surface area contributed by atoms with Crippen molar-refractivity contribution < 1.29 is 14.3 Å². The quantitative estimate of drug-likeness (QED) is 0.461. The van der Waals surface area contributed by atoms with Crippen LogP contribution in [0.2, 0.25) is 5.02 Å². The molecule has 0 spiro atoms. The zero-order valence-corrected chi connectivity index (χ0v) is 19.1. The first kappa shape index (κ1) is 23.3. The highest BCUT2D eigenvalue weighted by Gasteiger charge is 2.29. The molecule has 1 saturated carbocycles. The second kappa shape index (κ2) is 9.93. The monoisotopic (exact) mass is 471 g/mol. The summed E-state index contributed by atoms with van der Waals surface area (Å²) >= 11 is 5.89. The predicted molar refractivity (Wildman–Crippen MR) is 128 cm³/mol. The summed E-state index contributed by atoms with van der Waals surface area (Å²) in [6.45, 7) is 2.41. The van der Waals surface area contributed by atoms with Crippen molar-refractivity contribution in [1.82, 2.24) is 9.88 Å². The Morgan fingerprint density at radius 3 is 2.61 bits per heavy atom. The number of hydrogen-bond donors (Lipinski definition) is 3. The van der Waals surface area contributed by atoms with Crippen LogP contribution >= 0.6 is 11.6 Å². The lowest BCUT2D eigenvalue weighted by Crippen LogP contribution is -2.41. The fraction of sp³-hybridized carbons (Fsp3) is 0.360. The van der Waals surface area contributed by atoms with Gasteiger partial charge in [0.2, 0.25) is 0 Å². The number of halogens is 2. The number of fused-ring (bicyclic) bond motifs is 1. The van der Waals surface area contributed by atoms with E-state index < -0.39 is 5.82 Å². The number of urea groups is 1. The number of benzene rings is 2. The predicted octanol–water partition coefficient (Wildman–Crippen LogP) is 5.47. The lowest BCUT2D eigenvalue weighted by molar-refractivity contribution is 0.0939. The van der Waals surface area contributed by atoms with Crippen molar-refractivity contribution in [2.75, 3.05) is 11.9 Å². The van der Waals surface area contributed by atoms with Gasteiger partial charge in [0.15, 0.2) is 0 Å². The molecule has 2 amide bonds. The van der Waals surface area contributed by atoms with E-state index in [-0.39, 0.29) is 34.7 Å². The maximum Gasteiger partial charge on any atom is 0.322 e. The molecular weight excluding hydrogens is 445 g/mol. The largest absolute Gasteiger partial charge is 0.393 e. The van der Waals surface area contributed by atoms with Crippen LogP contribution in [0.25, 0.3) is 10.8 Å². The molecule has 1 atom stereocenters. The minimum Gasteiger partial charge on any atom is -0.393 e. The van der Waals surface area contributed by atoms with E-state index in [1.165, 1.54) is 18.2 Å². The number of nitrogens with zero attached hydrogens (tertiary/aromatic N) is 1. The maximum absolute atomic E-state index is 13.6. The van der Waals surface area contributed by atoms with Crippen molar-refractivity contribution in [2.45, 2.75) is 44.8 Å². The topological polar surface area (TPSA) is 85.4 Å². The number of aliphatic hydroxyl groups is 1. The molecule has 0 saturated heterocycles. The van der Waals surface area contributed by atoms with Gasteiger partial charge in [0.1, 0.15) is 5.82 Å². The molecule has 8 heteroatoms. The number of anilines is 1. The van der Waals surface area contributed by atoms with E-state index in [9.17, 15) is 19.1 Å². The van der Waals surface area contributed by atoms with Crippen LogP contribution in [0.4, 0.5) is 14.9 Å². The van der Waals surface area contributed by atoms with Gasteiger partial charge in [-0.3, -0.25) is 4.79 Å². The molecule has 3 N–H and O–H groups in total. The Labute approximate surface area is 196 Å². The number of aromatic nitrogens is 1. The van der Waals surface area contributed by atoms with Gasteiger partial charge in [-0.05, 0) is 73.7 Å². The minimum atomic E-state index is -0.555. The summed E-state index contributed by atoms with van der Waals surface area (Å²) in [6, 6.07) is 10.7. The van der Waals surface area contributed by atoms with E-state index in [1.54, 1.807) is 17.2 Å². The van der Waals surface area contributed by atoms with Crippen LogP contribution in [0.5, 0.6) is 0 Å². The molecule has 0 unspecified atom stereocenters. The summed E-state index contributed by atoms with van der Waals surface area (Å²) in [7, 11) is 0. The van der Waals surface area contributed by atoms with Crippen molar-refractivity contribution in [3.63, 3.8) is 0 Å². The van der Waals surface area contributed by atoms with E-state index in [0.29, 0.717) is 30.5 Å². The standard InChI is InChI=1S/C25H27ClFN3O3/c1-15(21-13-28-24(32)20-5-3-2-4-19(20)21)30(14-16-6-9-18(31)10-7-16)25(33)29-17-8-11-23(27)22(26)12-17/h2-5,8,11-13,15-16,18,31H,6-7,9-10,14H2,1H3,(H,28,32)(H,29,33)/t15-,16?,18?/m0/s1. The first-order valence-corrected chi connectivity index (χ1v) is 11.5. The highest BCUT2D eigenvalue weighted by Crippen LogP contribution is 2.31. The second-order valence-corrected chi connectivity index (χ2v) is 9.09. The Hall–Kier alpha value is -2.90. The Kier molecular flexibility index (Phi) is 7.00. The third-order valence-corrected chi connectivity index (χ3v) is 6.75. The number of carbonyl (C=O) groups excluding carboxylic acids is 1. The zero-order valence-electron chi connectivity index (χ0n) is 18.4. The fourth-order valence-electron chi connectivity index (χ4n) is 4.54. The number of pyridine rings is 1. The minimum absolute atomic E-state index is 0.0692. The lowest BCUT2D eigenvalue weighted by atomic mass is 9.86. The number of nitrogens with one attached hydrogen (secondary N) is 2. The van der Waals surface area contributed by atoms with Crippen molar-refractivity contribution in [1.29, 1.82) is 0 Å². The van der Waals surface area contributed by atoms with E-state index in [1.807, 2.05) is 25.1 Å². The summed E-state index contributed by atoms with van der Waals surface area (Å²) < 4.78 is 13.6. The Morgan fingerprint density at radius 1 is 1.21 bits per heavy atom. The zero-order chi connectivity index (χ0) is 23.5. The number of H-pyrrole nitrogens is 1. The highest BCUT2D eigenvalue weighted by atomic mass is 35.5. The fourth-order valence-corrected chi connectivity index (χ4v) is 4.72. The molecule has 33 heavy (non-hydrogen) atoms. The summed E-state index contributed by atoms with van der Waals surface area (Å²) in [6.07, 6.45) is 4.45. The highest BCUT2D eigenvalue weighted by molar-refractivity contribution is 6.31. The number of hydrogen-bond acceptors (Lipinski definition) is 3. The molecule has 1 aromatic heterocycles. The molecule has 0 aliphatic heterocycles. The van der Waals surface area contributed by atoms with Crippen molar-refractivity contribution in [3.8, 4) is 0 Å². The van der Waals surface area contributed by atoms with Gasteiger partial charge in [-0.25, -0.2) is 9.18 Å². The van der Waals surface area contributed by atoms with Gasteiger partial charge in [0.25, 0.3) is 5.56 Å². The first-order chi connectivity index (χ1) is 15.8. The average Bonchev–Trinajstić information content (AvgIpc) is 2.81. The van der Waals surface area contributed by atoms with Crippen molar-refractivity contribution in [2.24, 2.45) is 5.92 Å². The van der Waals surface area contributed by atoms with Gasteiger partial charge in [-0.2, -0.15) is 0 Å². The Morgan fingerprint density at radius 2 is 1.91 bits per heavy atom. The van der Waals surface area contributed by atoms with Crippen LogP contribution in [-0.2, 0) is 0 Å². The third-order valence-electron chi connectivity index (χ3n) is 6.46. The molecule has 4 rings (SSSR count). The molecule has 1 aliphatic rings. The molecule has 6 nitrogen and oxygen atoms in total. The molecular formula is C25H27ClFN3O3. The van der Waals surface area contributed by atoms with Gasteiger partial charge in [0, 0.05) is 23.8 Å².